The van der Waals surface area contributed by atoms with Gasteiger partial charge in [0.1, 0.15) is 4.83 Å². The highest BCUT2D eigenvalue weighted by atomic mass is 32.1. The fraction of sp³-hybridized carbons (Fsp3) is 0.684. The van der Waals surface area contributed by atoms with E-state index in [1.807, 2.05) is 10.9 Å². The van der Waals surface area contributed by atoms with Crippen molar-refractivity contribution in [2.45, 2.75) is 69.9 Å². The maximum Gasteiger partial charge on any atom is 0.262 e. The molecule has 2 saturated carbocycles. The van der Waals surface area contributed by atoms with Crippen LogP contribution in [0.4, 0.5) is 0 Å². The number of hydrogen-bond donors (Lipinski definition) is 1. The largest absolute Gasteiger partial charge is 0.313 e. The molecule has 0 saturated heterocycles. The van der Waals surface area contributed by atoms with E-state index in [0.717, 1.165) is 48.2 Å². The third-order valence-electron chi connectivity index (χ3n) is 6.10. The molecule has 0 bridgehead atoms. The quantitative estimate of drug-likeness (QED) is 0.925. The molecular weight excluding hydrogens is 318 g/mol. The molecule has 5 heteroatoms. The molecule has 0 amide bonds. The smallest absolute Gasteiger partial charge is 0.262 e. The number of thiophene rings is 1. The summed E-state index contributed by atoms with van der Waals surface area (Å²) in [6, 6.07) is 0.963. The minimum absolute atomic E-state index is 0.216. The average Bonchev–Trinajstić information content (AvgIpc) is 3.11. The first-order chi connectivity index (χ1) is 11.8. The summed E-state index contributed by atoms with van der Waals surface area (Å²) in [5, 5.41) is 4.68. The van der Waals surface area contributed by atoms with E-state index in [1.54, 1.807) is 11.3 Å². The zero-order valence-electron chi connectivity index (χ0n) is 14.1. The van der Waals surface area contributed by atoms with E-state index in [1.165, 1.54) is 42.7 Å². The number of aryl methyl sites for hydroxylation is 1. The van der Waals surface area contributed by atoms with Gasteiger partial charge in [0.15, 0.2) is 0 Å². The summed E-state index contributed by atoms with van der Waals surface area (Å²) in [5.74, 6) is 0.925. The van der Waals surface area contributed by atoms with Gasteiger partial charge in [0.05, 0.1) is 11.7 Å². The molecule has 3 aliphatic rings. The van der Waals surface area contributed by atoms with Crippen LogP contribution in [0.25, 0.3) is 10.2 Å². The maximum absolute atomic E-state index is 13.1. The molecule has 0 aromatic carbocycles. The van der Waals surface area contributed by atoms with Crippen LogP contribution in [0.15, 0.2) is 11.1 Å². The van der Waals surface area contributed by atoms with Crippen LogP contribution in [0.5, 0.6) is 0 Å². The first-order valence-corrected chi connectivity index (χ1v) is 10.4. The molecule has 0 radical (unpaired) electrons. The van der Waals surface area contributed by atoms with E-state index >= 15 is 0 Å². The van der Waals surface area contributed by atoms with Crippen LogP contribution < -0.4 is 10.9 Å². The van der Waals surface area contributed by atoms with Crippen LogP contribution in [-0.4, -0.2) is 22.1 Å². The summed E-state index contributed by atoms with van der Waals surface area (Å²) in [7, 11) is 0. The van der Waals surface area contributed by atoms with Gasteiger partial charge in [0, 0.05) is 17.0 Å². The molecule has 24 heavy (non-hydrogen) atoms. The van der Waals surface area contributed by atoms with Crippen LogP contribution in [-0.2, 0) is 12.8 Å². The summed E-state index contributed by atoms with van der Waals surface area (Å²) in [6.45, 7) is 1.18. The number of nitrogens with one attached hydrogen (secondary N) is 1. The van der Waals surface area contributed by atoms with Crippen molar-refractivity contribution in [2.24, 2.45) is 5.92 Å². The molecule has 2 heterocycles. The second-order valence-corrected chi connectivity index (χ2v) is 8.95. The fourth-order valence-corrected chi connectivity index (χ4v) is 5.71. The Morgan fingerprint density at radius 2 is 2.04 bits per heavy atom. The van der Waals surface area contributed by atoms with Crippen molar-refractivity contribution in [1.82, 2.24) is 14.9 Å². The zero-order valence-corrected chi connectivity index (χ0v) is 14.9. The van der Waals surface area contributed by atoms with E-state index in [4.69, 9.17) is 0 Å². The van der Waals surface area contributed by atoms with Gasteiger partial charge in [0.25, 0.3) is 5.56 Å². The van der Waals surface area contributed by atoms with Gasteiger partial charge in [-0.25, -0.2) is 4.98 Å². The highest BCUT2D eigenvalue weighted by Crippen LogP contribution is 2.35. The first kappa shape index (κ1) is 15.1. The standard InChI is InChI=1S/C19H25N3OS/c23-19-17-15-8-7-13(20-10-12-5-6-12)9-16(15)24-18(17)21-11-22(19)14-3-1-2-4-14/h11-14,20H,1-10H2. The number of rotatable bonds is 4. The highest BCUT2D eigenvalue weighted by Gasteiger charge is 2.28. The van der Waals surface area contributed by atoms with Crippen molar-refractivity contribution in [2.75, 3.05) is 6.54 Å². The van der Waals surface area contributed by atoms with Crippen LogP contribution in [0.1, 0.15) is 61.4 Å². The van der Waals surface area contributed by atoms with Crippen LogP contribution in [0, 0.1) is 5.92 Å². The molecule has 3 aliphatic carbocycles. The molecule has 0 aliphatic heterocycles. The molecule has 5 rings (SSSR count). The average molecular weight is 343 g/mol. The molecule has 2 aromatic rings. The van der Waals surface area contributed by atoms with Gasteiger partial charge in [-0.15, -0.1) is 11.3 Å². The van der Waals surface area contributed by atoms with Crippen molar-refractivity contribution in [3.63, 3.8) is 0 Å². The topological polar surface area (TPSA) is 46.9 Å². The molecule has 0 spiro atoms. The van der Waals surface area contributed by atoms with Gasteiger partial charge >= 0.3 is 0 Å². The molecular formula is C19H25N3OS. The van der Waals surface area contributed by atoms with Crippen molar-refractivity contribution in [1.29, 1.82) is 0 Å². The molecule has 1 N–H and O–H groups in total. The van der Waals surface area contributed by atoms with Crippen LogP contribution in [0.2, 0.25) is 0 Å². The van der Waals surface area contributed by atoms with Gasteiger partial charge in [-0.1, -0.05) is 12.8 Å². The van der Waals surface area contributed by atoms with E-state index in [2.05, 4.69) is 10.3 Å². The molecule has 2 aromatic heterocycles. The molecule has 1 unspecified atom stereocenters. The molecule has 4 nitrogen and oxygen atoms in total. The first-order valence-electron chi connectivity index (χ1n) is 9.54. The second-order valence-electron chi connectivity index (χ2n) is 7.87. The van der Waals surface area contributed by atoms with Crippen molar-refractivity contribution >= 4 is 21.6 Å². The Hall–Kier alpha value is -1.20. The normalized spacial score (nSPS) is 24.6. The second kappa shape index (κ2) is 5.95. The third kappa shape index (κ3) is 2.62. The zero-order chi connectivity index (χ0) is 16.1. The Labute approximate surface area is 146 Å². The van der Waals surface area contributed by atoms with Crippen molar-refractivity contribution < 1.29 is 0 Å². The van der Waals surface area contributed by atoms with E-state index in [0.29, 0.717) is 12.1 Å². The lowest BCUT2D eigenvalue weighted by atomic mass is 9.93. The summed E-state index contributed by atoms with van der Waals surface area (Å²) >= 11 is 1.75. The van der Waals surface area contributed by atoms with E-state index in [9.17, 15) is 4.79 Å². The summed E-state index contributed by atoms with van der Waals surface area (Å²) in [4.78, 5) is 20.1. The Morgan fingerprint density at radius 3 is 2.83 bits per heavy atom. The Morgan fingerprint density at radius 1 is 1.21 bits per heavy atom. The van der Waals surface area contributed by atoms with Gasteiger partial charge in [0.2, 0.25) is 0 Å². The lowest BCUT2D eigenvalue weighted by Gasteiger charge is -2.23. The summed E-state index contributed by atoms with van der Waals surface area (Å²) in [5.41, 5.74) is 1.53. The van der Waals surface area contributed by atoms with Gasteiger partial charge in [-0.05, 0) is 63.0 Å². The summed E-state index contributed by atoms with van der Waals surface area (Å²) in [6.07, 6.45) is 12.6. The molecule has 1 atom stereocenters. The van der Waals surface area contributed by atoms with Gasteiger partial charge in [-0.2, -0.15) is 0 Å². The minimum atomic E-state index is 0.216. The number of hydrogen-bond acceptors (Lipinski definition) is 4. The van der Waals surface area contributed by atoms with Gasteiger partial charge < -0.3 is 5.32 Å². The van der Waals surface area contributed by atoms with E-state index < -0.39 is 0 Å². The van der Waals surface area contributed by atoms with Crippen molar-refractivity contribution in [3.05, 3.63) is 27.1 Å². The van der Waals surface area contributed by atoms with Crippen LogP contribution in [0.3, 0.4) is 0 Å². The Balaban J connectivity index is 1.46. The number of aromatic nitrogens is 2. The summed E-state index contributed by atoms with van der Waals surface area (Å²) < 4.78 is 1.93. The Bertz CT molecular complexity index is 814. The molecule has 2 fully saturated rings. The Kier molecular flexibility index (Phi) is 3.74. The number of fused-ring (bicyclic) bond motifs is 3. The third-order valence-corrected chi connectivity index (χ3v) is 7.27. The van der Waals surface area contributed by atoms with Crippen molar-refractivity contribution in [3.8, 4) is 0 Å². The molecule has 128 valence electrons. The number of nitrogens with zero attached hydrogens (tertiary/aromatic N) is 2. The fourth-order valence-electron chi connectivity index (χ4n) is 4.45. The SMILES string of the molecule is O=c1c2c3c(sc2ncn1C1CCCC1)CC(NCC1CC1)CC3. The lowest BCUT2D eigenvalue weighted by Crippen LogP contribution is -2.35. The monoisotopic (exact) mass is 343 g/mol. The van der Waals surface area contributed by atoms with E-state index in [-0.39, 0.29) is 5.56 Å². The lowest BCUT2D eigenvalue weighted by molar-refractivity contribution is 0.453. The minimum Gasteiger partial charge on any atom is -0.313 e. The predicted octanol–water partition coefficient (Wildman–Crippen LogP) is 3.43. The maximum atomic E-state index is 13.1. The predicted molar refractivity (Wildman–Crippen MR) is 97.9 cm³/mol. The van der Waals surface area contributed by atoms with Crippen LogP contribution >= 0.6 is 11.3 Å². The highest BCUT2D eigenvalue weighted by molar-refractivity contribution is 7.18. The van der Waals surface area contributed by atoms with Gasteiger partial charge in [-0.3, -0.25) is 9.36 Å².